The van der Waals surface area contributed by atoms with Crippen LogP contribution in [-0.4, -0.2) is 70.3 Å². The molecule has 0 saturated carbocycles. The van der Waals surface area contributed by atoms with Crippen LogP contribution in [0.1, 0.15) is 44.7 Å². The highest BCUT2D eigenvalue weighted by Gasteiger charge is 2.25. The molecule has 0 spiro atoms. The lowest BCUT2D eigenvalue weighted by Crippen LogP contribution is -2.37. The van der Waals surface area contributed by atoms with Gasteiger partial charge in [-0.15, -0.1) is 0 Å². The SMILES string of the molecule is CCN(CC)CCCOc1ccc2c(C3CCN(C(=O)O)CC3)ncnc2c1. The number of carbonyl (C=O) groups is 1. The molecule has 7 nitrogen and oxygen atoms in total. The molecule has 1 N–H and O–H groups in total. The highest BCUT2D eigenvalue weighted by molar-refractivity contribution is 5.82. The van der Waals surface area contributed by atoms with Crippen molar-refractivity contribution in [2.75, 3.05) is 39.3 Å². The Morgan fingerprint density at radius 2 is 2.00 bits per heavy atom. The molecule has 0 bridgehead atoms. The minimum absolute atomic E-state index is 0.266. The Hall–Kier alpha value is -2.41. The fourth-order valence-electron chi connectivity index (χ4n) is 3.84. The van der Waals surface area contributed by atoms with Gasteiger partial charge in [-0.25, -0.2) is 14.8 Å². The molecule has 0 atom stereocenters. The third kappa shape index (κ3) is 4.90. The van der Waals surface area contributed by atoms with Crippen LogP contribution in [0.2, 0.25) is 0 Å². The van der Waals surface area contributed by atoms with Crippen molar-refractivity contribution in [1.29, 1.82) is 0 Å². The van der Waals surface area contributed by atoms with Crippen molar-refractivity contribution in [2.24, 2.45) is 0 Å². The number of rotatable bonds is 8. The molecule has 0 unspecified atom stereocenters. The Morgan fingerprint density at radius 3 is 2.68 bits per heavy atom. The van der Waals surface area contributed by atoms with Gasteiger partial charge in [0.25, 0.3) is 0 Å². The molecule has 28 heavy (non-hydrogen) atoms. The first-order chi connectivity index (χ1) is 13.6. The topological polar surface area (TPSA) is 78.8 Å². The number of fused-ring (bicyclic) bond motifs is 1. The van der Waals surface area contributed by atoms with Crippen LogP contribution in [-0.2, 0) is 0 Å². The number of amides is 1. The van der Waals surface area contributed by atoms with Crippen LogP contribution < -0.4 is 4.74 Å². The van der Waals surface area contributed by atoms with E-state index >= 15 is 0 Å². The number of carboxylic acid groups (broad SMARTS) is 1. The van der Waals surface area contributed by atoms with Gasteiger partial charge in [0.2, 0.25) is 0 Å². The predicted octanol–water partition coefficient (Wildman–Crippen LogP) is 3.60. The van der Waals surface area contributed by atoms with Gasteiger partial charge in [-0.3, -0.25) is 0 Å². The lowest BCUT2D eigenvalue weighted by atomic mass is 9.91. The molecule has 7 heteroatoms. The van der Waals surface area contributed by atoms with Crippen molar-refractivity contribution < 1.29 is 14.6 Å². The molecule has 1 aromatic heterocycles. The van der Waals surface area contributed by atoms with Crippen LogP contribution in [0.25, 0.3) is 10.9 Å². The predicted molar refractivity (Wildman–Crippen MR) is 109 cm³/mol. The molecular formula is C21H30N4O3. The van der Waals surface area contributed by atoms with Gasteiger partial charge in [-0.2, -0.15) is 0 Å². The summed E-state index contributed by atoms with van der Waals surface area (Å²) in [4.78, 5) is 23.9. The van der Waals surface area contributed by atoms with Crippen LogP contribution in [0.4, 0.5) is 4.79 Å². The van der Waals surface area contributed by atoms with E-state index in [9.17, 15) is 4.79 Å². The normalized spacial score (nSPS) is 15.3. The maximum Gasteiger partial charge on any atom is 0.407 e. The minimum atomic E-state index is -0.839. The second kappa shape index (κ2) is 9.68. The van der Waals surface area contributed by atoms with Gasteiger partial charge in [0.1, 0.15) is 12.1 Å². The number of hydrogen-bond acceptors (Lipinski definition) is 5. The first-order valence-electron chi connectivity index (χ1n) is 10.2. The summed E-state index contributed by atoms with van der Waals surface area (Å²) in [6.07, 6.45) is 3.35. The van der Waals surface area contributed by atoms with Crippen molar-refractivity contribution in [2.45, 2.75) is 39.0 Å². The van der Waals surface area contributed by atoms with Crippen LogP contribution in [0, 0.1) is 0 Å². The number of ether oxygens (including phenoxy) is 1. The van der Waals surface area contributed by atoms with Crippen molar-refractivity contribution in [3.63, 3.8) is 0 Å². The monoisotopic (exact) mass is 386 g/mol. The molecule has 1 aliphatic heterocycles. The zero-order valence-electron chi connectivity index (χ0n) is 16.8. The third-order valence-electron chi connectivity index (χ3n) is 5.57. The Labute approximate surface area is 166 Å². The standard InChI is InChI=1S/C21H30N4O3/c1-3-24(4-2)10-5-13-28-17-6-7-18-19(14-17)22-15-23-20(18)16-8-11-25(12-9-16)21(26)27/h6-7,14-16H,3-5,8-13H2,1-2H3,(H,26,27). The number of likely N-dealkylation sites (tertiary alicyclic amines) is 1. The van der Waals surface area contributed by atoms with E-state index < -0.39 is 6.09 Å². The summed E-state index contributed by atoms with van der Waals surface area (Å²) in [6.45, 7) is 9.33. The molecule has 1 fully saturated rings. The molecule has 2 heterocycles. The second-order valence-corrected chi connectivity index (χ2v) is 7.21. The summed E-state index contributed by atoms with van der Waals surface area (Å²) in [7, 11) is 0. The van der Waals surface area contributed by atoms with E-state index in [1.807, 2.05) is 18.2 Å². The van der Waals surface area contributed by atoms with Crippen molar-refractivity contribution >= 4 is 17.0 Å². The van der Waals surface area contributed by atoms with E-state index in [2.05, 4.69) is 28.7 Å². The summed E-state index contributed by atoms with van der Waals surface area (Å²) in [5.41, 5.74) is 1.90. The molecule has 1 aliphatic rings. The van der Waals surface area contributed by atoms with Gasteiger partial charge in [-0.05, 0) is 44.5 Å². The summed E-state index contributed by atoms with van der Waals surface area (Å²) < 4.78 is 5.92. The highest BCUT2D eigenvalue weighted by atomic mass is 16.5. The molecule has 1 amide bonds. The van der Waals surface area contributed by atoms with E-state index in [1.54, 1.807) is 6.33 Å². The smallest absolute Gasteiger partial charge is 0.407 e. The molecular weight excluding hydrogens is 356 g/mol. The first kappa shape index (κ1) is 20.3. The molecule has 2 aromatic rings. The largest absolute Gasteiger partial charge is 0.493 e. The molecule has 1 saturated heterocycles. The molecule has 0 aliphatic carbocycles. The van der Waals surface area contributed by atoms with Gasteiger partial charge in [-0.1, -0.05) is 13.8 Å². The second-order valence-electron chi connectivity index (χ2n) is 7.21. The Bertz CT molecular complexity index is 786. The first-order valence-corrected chi connectivity index (χ1v) is 10.2. The molecule has 3 rings (SSSR count). The van der Waals surface area contributed by atoms with Crippen LogP contribution >= 0.6 is 0 Å². The number of benzene rings is 1. The van der Waals surface area contributed by atoms with Crippen LogP contribution in [0.15, 0.2) is 24.5 Å². The zero-order valence-corrected chi connectivity index (χ0v) is 16.8. The number of piperidine rings is 1. The number of nitrogens with zero attached hydrogens (tertiary/aromatic N) is 4. The summed E-state index contributed by atoms with van der Waals surface area (Å²) >= 11 is 0. The van der Waals surface area contributed by atoms with E-state index in [0.717, 1.165) is 61.2 Å². The molecule has 1 aromatic carbocycles. The van der Waals surface area contributed by atoms with Gasteiger partial charge in [0.05, 0.1) is 17.8 Å². The Morgan fingerprint density at radius 1 is 1.25 bits per heavy atom. The van der Waals surface area contributed by atoms with E-state index in [0.29, 0.717) is 19.7 Å². The maximum atomic E-state index is 11.1. The molecule has 152 valence electrons. The van der Waals surface area contributed by atoms with Gasteiger partial charge in [0, 0.05) is 37.0 Å². The fourth-order valence-corrected chi connectivity index (χ4v) is 3.84. The lowest BCUT2D eigenvalue weighted by Gasteiger charge is -2.30. The minimum Gasteiger partial charge on any atom is -0.493 e. The van der Waals surface area contributed by atoms with Gasteiger partial charge >= 0.3 is 6.09 Å². The average Bonchev–Trinajstić information content (AvgIpc) is 2.73. The quantitative estimate of drug-likeness (QED) is 0.699. The van der Waals surface area contributed by atoms with Crippen molar-refractivity contribution in [3.8, 4) is 5.75 Å². The van der Waals surface area contributed by atoms with Crippen LogP contribution in [0.5, 0.6) is 5.75 Å². The van der Waals surface area contributed by atoms with E-state index in [1.165, 1.54) is 4.90 Å². The maximum absolute atomic E-state index is 11.1. The summed E-state index contributed by atoms with van der Waals surface area (Å²) in [5, 5.41) is 10.2. The van der Waals surface area contributed by atoms with Gasteiger partial charge < -0.3 is 19.6 Å². The van der Waals surface area contributed by atoms with E-state index in [4.69, 9.17) is 9.84 Å². The van der Waals surface area contributed by atoms with E-state index in [-0.39, 0.29) is 5.92 Å². The van der Waals surface area contributed by atoms with Crippen molar-refractivity contribution in [1.82, 2.24) is 19.8 Å². The number of hydrogen-bond donors (Lipinski definition) is 1. The number of aromatic nitrogens is 2. The Balaban J connectivity index is 1.63. The lowest BCUT2D eigenvalue weighted by molar-refractivity contribution is 0.132. The third-order valence-corrected chi connectivity index (χ3v) is 5.57. The van der Waals surface area contributed by atoms with Gasteiger partial charge in [0.15, 0.2) is 0 Å². The zero-order chi connectivity index (χ0) is 19.9. The van der Waals surface area contributed by atoms with Crippen molar-refractivity contribution in [3.05, 3.63) is 30.2 Å². The summed E-state index contributed by atoms with van der Waals surface area (Å²) in [6, 6.07) is 6.00. The Kier molecular flexibility index (Phi) is 7.03. The highest BCUT2D eigenvalue weighted by Crippen LogP contribution is 2.32. The average molecular weight is 386 g/mol. The fraction of sp³-hybridized carbons (Fsp3) is 0.571. The van der Waals surface area contributed by atoms with Crippen LogP contribution in [0.3, 0.4) is 0 Å². The summed E-state index contributed by atoms with van der Waals surface area (Å²) in [5.74, 6) is 1.10. The molecule has 0 radical (unpaired) electrons.